The van der Waals surface area contributed by atoms with Crippen LogP contribution in [0.3, 0.4) is 0 Å². The molecule has 0 amide bonds. The van der Waals surface area contributed by atoms with Crippen LogP contribution in [0.5, 0.6) is 23.0 Å². The van der Waals surface area contributed by atoms with Gasteiger partial charge in [0.2, 0.25) is 0 Å². The molecule has 8 heteroatoms. The molecule has 0 aliphatic carbocycles. The summed E-state index contributed by atoms with van der Waals surface area (Å²) in [6.45, 7) is 0.733. The molecule has 0 unspecified atom stereocenters. The summed E-state index contributed by atoms with van der Waals surface area (Å²) in [5.41, 5.74) is 2.39. The van der Waals surface area contributed by atoms with Gasteiger partial charge in [0.1, 0.15) is 24.7 Å². The van der Waals surface area contributed by atoms with Gasteiger partial charge in [-0.1, -0.05) is 29.5 Å². The number of imidazole rings is 1. The van der Waals surface area contributed by atoms with Crippen molar-refractivity contribution in [3.63, 3.8) is 0 Å². The molecule has 0 atom stereocenters. The lowest BCUT2D eigenvalue weighted by atomic mass is 10.2. The smallest absolute Gasteiger partial charge is 0.274 e. The normalized spacial score (nSPS) is 11.8. The number of hydrogen-bond donors (Lipinski definition) is 0. The van der Waals surface area contributed by atoms with Gasteiger partial charge in [-0.3, -0.25) is 4.79 Å². The van der Waals surface area contributed by atoms with Gasteiger partial charge in [0.25, 0.3) is 5.56 Å². The maximum Gasteiger partial charge on any atom is 0.274 e. The van der Waals surface area contributed by atoms with Gasteiger partial charge in [-0.15, -0.1) is 0 Å². The lowest BCUT2D eigenvalue weighted by molar-refractivity contribution is 0.211. The molecule has 34 heavy (non-hydrogen) atoms. The van der Waals surface area contributed by atoms with E-state index in [0.717, 1.165) is 28.1 Å². The van der Waals surface area contributed by atoms with Gasteiger partial charge in [-0.2, -0.15) is 0 Å². The molecule has 0 aliphatic rings. The molecule has 5 aromatic rings. The van der Waals surface area contributed by atoms with Crippen LogP contribution in [0.15, 0.2) is 71.5 Å². The Labute approximate surface area is 199 Å². The fourth-order valence-corrected chi connectivity index (χ4v) is 4.63. The van der Waals surface area contributed by atoms with E-state index in [0.29, 0.717) is 34.2 Å². The van der Waals surface area contributed by atoms with Crippen molar-refractivity contribution >= 4 is 33.4 Å². The molecule has 2 aromatic heterocycles. The molecule has 5 rings (SSSR count). The van der Waals surface area contributed by atoms with Crippen molar-refractivity contribution in [2.75, 3.05) is 27.4 Å². The van der Waals surface area contributed by atoms with E-state index >= 15 is 0 Å². The number of rotatable bonds is 8. The second-order valence-corrected chi connectivity index (χ2v) is 8.43. The number of aromatic nitrogens is 2. The third-order valence-corrected chi connectivity index (χ3v) is 6.27. The number of thiazole rings is 1. The largest absolute Gasteiger partial charge is 0.497 e. The van der Waals surface area contributed by atoms with Crippen LogP contribution in [0, 0.1) is 0 Å². The minimum atomic E-state index is -0.0799. The van der Waals surface area contributed by atoms with Gasteiger partial charge in [0.15, 0.2) is 16.5 Å². The fourth-order valence-electron chi connectivity index (χ4n) is 3.64. The maximum absolute atomic E-state index is 13.0. The Hall–Kier alpha value is -4.04. The van der Waals surface area contributed by atoms with Crippen molar-refractivity contribution in [3.8, 4) is 23.0 Å². The third-order valence-electron chi connectivity index (χ3n) is 5.30. The van der Waals surface area contributed by atoms with Gasteiger partial charge in [-0.05, 0) is 60.2 Å². The highest BCUT2D eigenvalue weighted by molar-refractivity contribution is 7.15. The summed E-state index contributed by atoms with van der Waals surface area (Å²) in [4.78, 5) is 18.2. The molecule has 172 valence electrons. The molecule has 0 saturated heterocycles. The Bertz CT molecular complexity index is 1560. The van der Waals surface area contributed by atoms with Crippen LogP contribution in [-0.2, 0) is 0 Å². The predicted octanol–water partition coefficient (Wildman–Crippen LogP) is 3.93. The highest BCUT2D eigenvalue weighted by atomic mass is 32.1. The van der Waals surface area contributed by atoms with Crippen LogP contribution >= 0.6 is 11.3 Å². The van der Waals surface area contributed by atoms with E-state index in [4.69, 9.17) is 18.9 Å². The number of para-hydroxylation sites is 2. The van der Waals surface area contributed by atoms with E-state index in [2.05, 4.69) is 4.98 Å². The Morgan fingerprint density at radius 2 is 1.65 bits per heavy atom. The summed E-state index contributed by atoms with van der Waals surface area (Å²) >= 11 is 1.37. The standard InChI is InChI=1S/C26H22N2O5S/c1-30-18-8-10-19(11-9-18)32-13-14-33-22-12-7-17(15-23(22)31-2)16-24-25(29)28-21-6-4-3-5-20(21)27-26(28)34-24/h3-12,15-16H,13-14H2,1-2H3/b24-16-. The first kappa shape index (κ1) is 21.8. The number of nitrogens with zero attached hydrogens (tertiary/aromatic N) is 2. The zero-order valence-corrected chi connectivity index (χ0v) is 19.5. The van der Waals surface area contributed by atoms with E-state index in [9.17, 15) is 4.79 Å². The van der Waals surface area contributed by atoms with E-state index in [-0.39, 0.29) is 5.56 Å². The zero-order valence-electron chi connectivity index (χ0n) is 18.7. The first-order valence-corrected chi connectivity index (χ1v) is 11.5. The second-order valence-electron chi connectivity index (χ2n) is 7.42. The number of benzene rings is 3. The third kappa shape index (κ3) is 4.27. The first-order chi connectivity index (χ1) is 16.7. The maximum atomic E-state index is 13.0. The quantitative estimate of drug-likeness (QED) is 0.318. The molecule has 3 aromatic carbocycles. The predicted molar refractivity (Wildman–Crippen MR) is 133 cm³/mol. The topological polar surface area (TPSA) is 71.3 Å². The van der Waals surface area contributed by atoms with Crippen molar-refractivity contribution < 1.29 is 18.9 Å². The van der Waals surface area contributed by atoms with Crippen LogP contribution in [0.2, 0.25) is 0 Å². The molecule has 0 aliphatic heterocycles. The highest BCUT2D eigenvalue weighted by Crippen LogP contribution is 2.28. The first-order valence-electron chi connectivity index (χ1n) is 10.7. The van der Waals surface area contributed by atoms with Gasteiger partial charge in [0.05, 0.1) is 29.8 Å². The van der Waals surface area contributed by atoms with E-state index in [1.165, 1.54) is 11.3 Å². The van der Waals surface area contributed by atoms with Crippen molar-refractivity contribution in [2.45, 2.75) is 0 Å². The molecular weight excluding hydrogens is 452 g/mol. The van der Waals surface area contributed by atoms with E-state index in [1.54, 1.807) is 18.6 Å². The molecular formula is C26H22N2O5S. The van der Waals surface area contributed by atoms with Crippen molar-refractivity contribution in [3.05, 3.63) is 87.2 Å². The van der Waals surface area contributed by atoms with Crippen molar-refractivity contribution in [1.29, 1.82) is 0 Å². The molecule has 0 fully saturated rings. The Balaban J connectivity index is 1.31. The molecule has 2 heterocycles. The van der Waals surface area contributed by atoms with Gasteiger partial charge in [-0.25, -0.2) is 9.38 Å². The number of hydrogen-bond acceptors (Lipinski definition) is 7. The van der Waals surface area contributed by atoms with Crippen LogP contribution in [0.4, 0.5) is 0 Å². The average Bonchev–Trinajstić information content (AvgIpc) is 3.38. The van der Waals surface area contributed by atoms with Gasteiger partial charge < -0.3 is 18.9 Å². The minimum absolute atomic E-state index is 0.0799. The lowest BCUT2D eigenvalue weighted by Crippen LogP contribution is -2.22. The van der Waals surface area contributed by atoms with Gasteiger partial charge >= 0.3 is 0 Å². The lowest BCUT2D eigenvalue weighted by Gasteiger charge is -2.12. The van der Waals surface area contributed by atoms with Crippen LogP contribution in [-0.4, -0.2) is 36.8 Å². The summed E-state index contributed by atoms with van der Waals surface area (Å²) in [5.74, 6) is 2.70. The highest BCUT2D eigenvalue weighted by Gasteiger charge is 2.11. The Morgan fingerprint density at radius 3 is 2.44 bits per heavy atom. The number of methoxy groups -OCH3 is 2. The number of fused-ring (bicyclic) bond motifs is 3. The van der Waals surface area contributed by atoms with Crippen molar-refractivity contribution in [1.82, 2.24) is 9.38 Å². The van der Waals surface area contributed by atoms with Crippen molar-refractivity contribution in [2.24, 2.45) is 0 Å². The monoisotopic (exact) mass is 474 g/mol. The zero-order chi connectivity index (χ0) is 23.5. The molecule has 7 nitrogen and oxygen atoms in total. The summed E-state index contributed by atoms with van der Waals surface area (Å²) in [6.07, 6.45) is 1.84. The summed E-state index contributed by atoms with van der Waals surface area (Å²) < 4.78 is 24.5. The molecule has 0 N–H and O–H groups in total. The molecule has 0 spiro atoms. The van der Waals surface area contributed by atoms with E-state index < -0.39 is 0 Å². The van der Waals surface area contributed by atoms with Crippen LogP contribution < -0.4 is 29.0 Å². The second kappa shape index (κ2) is 9.44. The molecule has 0 bridgehead atoms. The SMILES string of the molecule is COc1ccc(OCCOc2ccc(/C=c3\sc4nc5ccccc5n4c3=O)cc2OC)cc1. The van der Waals surface area contributed by atoms with Gasteiger partial charge in [0, 0.05) is 0 Å². The summed E-state index contributed by atoms with van der Waals surface area (Å²) in [7, 11) is 3.21. The Kier molecular flexibility index (Phi) is 6.05. The Morgan fingerprint density at radius 1 is 0.882 bits per heavy atom. The average molecular weight is 475 g/mol. The number of ether oxygens (including phenoxy) is 4. The fraction of sp³-hybridized carbons (Fsp3) is 0.154. The molecule has 0 saturated carbocycles. The van der Waals surface area contributed by atoms with E-state index in [1.807, 2.05) is 72.8 Å². The summed E-state index contributed by atoms with van der Waals surface area (Å²) in [6, 6.07) is 20.6. The van der Waals surface area contributed by atoms with Crippen LogP contribution in [0.1, 0.15) is 5.56 Å². The van der Waals surface area contributed by atoms with Crippen LogP contribution in [0.25, 0.3) is 22.1 Å². The minimum Gasteiger partial charge on any atom is -0.497 e. The molecule has 0 radical (unpaired) electrons. The summed E-state index contributed by atoms with van der Waals surface area (Å²) in [5, 5.41) is 0.